The molecule has 0 aromatic heterocycles. The molecule has 2 nitrogen and oxygen atoms in total. The number of hydrogen-bond donors (Lipinski definition) is 1. The maximum absolute atomic E-state index is 12.0. The maximum Gasteiger partial charge on any atom is 0.573 e. The summed E-state index contributed by atoms with van der Waals surface area (Å²) in [5.41, 5.74) is 2.26. The van der Waals surface area contributed by atoms with E-state index in [2.05, 4.69) is 10.1 Å². The molecule has 1 atom stereocenters. The van der Waals surface area contributed by atoms with Crippen LogP contribution < -0.4 is 10.1 Å². The van der Waals surface area contributed by atoms with Crippen LogP contribution in [0.4, 0.5) is 18.9 Å². The van der Waals surface area contributed by atoms with Crippen molar-refractivity contribution in [3.05, 3.63) is 35.5 Å². The Kier molecular flexibility index (Phi) is 3.43. The van der Waals surface area contributed by atoms with Crippen molar-refractivity contribution in [3.63, 3.8) is 0 Å². The summed E-state index contributed by atoms with van der Waals surface area (Å²) < 4.78 is 39.9. The van der Waals surface area contributed by atoms with Gasteiger partial charge in [-0.15, -0.1) is 24.8 Å². The second-order valence-corrected chi connectivity index (χ2v) is 4.54. The van der Waals surface area contributed by atoms with Crippen molar-refractivity contribution in [3.8, 4) is 5.75 Å². The van der Waals surface area contributed by atoms with E-state index in [0.29, 0.717) is 5.56 Å². The SMILES string of the molecule is Cc1cc(OC(F)(F)F)ccc1NC1=CC[C@H]1Cl. The molecule has 1 aromatic rings. The van der Waals surface area contributed by atoms with E-state index in [9.17, 15) is 13.2 Å². The molecule has 1 aromatic carbocycles. The minimum absolute atomic E-state index is 0.0458. The Balaban J connectivity index is 2.10. The van der Waals surface area contributed by atoms with E-state index in [1.54, 1.807) is 13.0 Å². The number of rotatable bonds is 3. The fourth-order valence-electron chi connectivity index (χ4n) is 1.58. The monoisotopic (exact) mass is 277 g/mol. The molecule has 1 aliphatic rings. The van der Waals surface area contributed by atoms with Crippen molar-refractivity contribution in [2.45, 2.75) is 25.1 Å². The molecule has 6 heteroatoms. The average molecular weight is 278 g/mol. The minimum atomic E-state index is -4.67. The Morgan fingerprint density at radius 3 is 2.56 bits per heavy atom. The van der Waals surface area contributed by atoms with Gasteiger partial charge in [0.1, 0.15) is 5.75 Å². The van der Waals surface area contributed by atoms with Crippen molar-refractivity contribution in [2.24, 2.45) is 0 Å². The molecule has 0 aliphatic heterocycles. The molecule has 0 unspecified atom stereocenters. The summed E-state index contributed by atoms with van der Waals surface area (Å²) in [5.74, 6) is -0.226. The van der Waals surface area contributed by atoms with Gasteiger partial charge in [0.25, 0.3) is 0 Å². The predicted molar refractivity (Wildman–Crippen MR) is 63.8 cm³/mol. The molecule has 0 saturated heterocycles. The lowest BCUT2D eigenvalue weighted by Gasteiger charge is -2.24. The molecule has 0 radical (unpaired) electrons. The molecule has 0 spiro atoms. The molecule has 0 amide bonds. The van der Waals surface area contributed by atoms with Crippen LogP contribution in [0.1, 0.15) is 12.0 Å². The highest BCUT2D eigenvalue weighted by Crippen LogP contribution is 2.31. The van der Waals surface area contributed by atoms with Crippen LogP contribution >= 0.6 is 11.6 Å². The number of alkyl halides is 4. The van der Waals surface area contributed by atoms with Gasteiger partial charge in [0, 0.05) is 11.4 Å². The summed E-state index contributed by atoms with van der Waals surface area (Å²) in [5, 5.41) is 3.03. The van der Waals surface area contributed by atoms with Crippen LogP contribution in [-0.2, 0) is 0 Å². The molecule has 1 N–H and O–H groups in total. The normalized spacial score (nSPS) is 18.9. The standard InChI is InChI=1S/C12H11ClF3NO/c1-7-6-8(18-12(14,15)16)2-4-10(7)17-11-5-3-9(11)13/h2,4-6,9,17H,3H2,1H3/t9-/m1/s1. The zero-order valence-electron chi connectivity index (χ0n) is 9.51. The zero-order chi connectivity index (χ0) is 13.3. The summed E-state index contributed by atoms with van der Waals surface area (Å²) >= 11 is 5.93. The second-order valence-electron chi connectivity index (χ2n) is 4.01. The highest BCUT2D eigenvalue weighted by Gasteiger charge is 2.31. The van der Waals surface area contributed by atoms with E-state index < -0.39 is 6.36 Å². The first-order valence-corrected chi connectivity index (χ1v) is 5.76. The number of halogens is 4. The Morgan fingerprint density at radius 1 is 1.39 bits per heavy atom. The molecule has 1 aliphatic carbocycles. The summed E-state index contributed by atoms with van der Waals surface area (Å²) in [6.45, 7) is 1.70. The van der Waals surface area contributed by atoms with Gasteiger partial charge in [-0.3, -0.25) is 0 Å². The average Bonchev–Trinajstić information content (AvgIpc) is 2.23. The zero-order valence-corrected chi connectivity index (χ0v) is 10.3. The highest BCUT2D eigenvalue weighted by atomic mass is 35.5. The Labute approximate surface area is 107 Å². The lowest BCUT2D eigenvalue weighted by atomic mass is 10.0. The van der Waals surface area contributed by atoms with Crippen LogP contribution in [0.5, 0.6) is 5.75 Å². The molecular weight excluding hydrogens is 267 g/mol. The highest BCUT2D eigenvalue weighted by molar-refractivity contribution is 6.23. The van der Waals surface area contributed by atoms with Crippen molar-refractivity contribution in [2.75, 3.05) is 5.32 Å². The molecule has 0 heterocycles. The molecule has 2 rings (SSSR count). The van der Waals surface area contributed by atoms with E-state index in [0.717, 1.165) is 17.8 Å². The van der Waals surface area contributed by atoms with Gasteiger partial charge in [0.15, 0.2) is 0 Å². The minimum Gasteiger partial charge on any atom is -0.406 e. The largest absolute Gasteiger partial charge is 0.573 e. The van der Waals surface area contributed by atoms with Crippen LogP contribution in [0.3, 0.4) is 0 Å². The third kappa shape index (κ3) is 3.10. The van der Waals surface area contributed by atoms with Gasteiger partial charge in [-0.2, -0.15) is 0 Å². The molecule has 0 saturated carbocycles. The Bertz CT molecular complexity index is 485. The third-order valence-corrected chi connectivity index (χ3v) is 3.01. The van der Waals surface area contributed by atoms with Gasteiger partial charge >= 0.3 is 6.36 Å². The number of hydrogen-bond acceptors (Lipinski definition) is 2. The number of aryl methyl sites for hydroxylation is 1. The van der Waals surface area contributed by atoms with Gasteiger partial charge < -0.3 is 10.1 Å². The van der Waals surface area contributed by atoms with Crippen LogP contribution in [0.2, 0.25) is 0 Å². The second kappa shape index (κ2) is 4.72. The van der Waals surface area contributed by atoms with E-state index in [4.69, 9.17) is 11.6 Å². The number of ether oxygens (including phenoxy) is 1. The Hall–Kier alpha value is -1.36. The number of nitrogens with one attached hydrogen (secondary N) is 1. The quantitative estimate of drug-likeness (QED) is 0.836. The first-order chi connectivity index (χ1) is 8.35. The first-order valence-electron chi connectivity index (χ1n) is 5.33. The van der Waals surface area contributed by atoms with Crippen LogP contribution in [-0.4, -0.2) is 11.7 Å². The van der Waals surface area contributed by atoms with Crippen LogP contribution in [0.25, 0.3) is 0 Å². The smallest absolute Gasteiger partial charge is 0.406 e. The molecule has 98 valence electrons. The summed E-state index contributed by atoms with van der Waals surface area (Å²) in [4.78, 5) is 0. The molecule has 0 bridgehead atoms. The molecular formula is C12H11ClF3NO. The number of benzene rings is 1. The number of anilines is 1. The van der Waals surface area contributed by atoms with Crippen molar-refractivity contribution in [1.82, 2.24) is 0 Å². The predicted octanol–water partition coefficient (Wildman–Crippen LogP) is 4.20. The summed E-state index contributed by atoms with van der Waals surface area (Å²) in [6, 6.07) is 4.14. The van der Waals surface area contributed by atoms with Gasteiger partial charge in [0.05, 0.1) is 5.38 Å². The van der Waals surface area contributed by atoms with Crippen LogP contribution in [0.15, 0.2) is 30.0 Å². The van der Waals surface area contributed by atoms with E-state index in [1.165, 1.54) is 12.1 Å². The van der Waals surface area contributed by atoms with Gasteiger partial charge in [-0.05, 0) is 37.1 Å². The van der Waals surface area contributed by atoms with Gasteiger partial charge in [0.2, 0.25) is 0 Å². The molecule has 18 heavy (non-hydrogen) atoms. The topological polar surface area (TPSA) is 21.3 Å². The van der Waals surface area contributed by atoms with E-state index in [1.807, 2.05) is 6.08 Å². The lowest BCUT2D eigenvalue weighted by Crippen LogP contribution is -2.20. The van der Waals surface area contributed by atoms with E-state index >= 15 is 0 Å². The van der Waals surface area contributed by atoms with Gasteiger partial charge in [-0.1, -0.05) is 6.08 Å². The Morgan fingerprint density at radius 2 is 2.11 bits per heavy atom. The third-order valence-electron chi connectivity index (χ3n) is 2.59. The van der Waals surface area contributed by atoms with E-state index in [-0.39, 0.29) is 11.1 Å². The van der Waals surface area contributed by atoms with Crippen molar-refractivity contribution >= 4 is 17.3 Å². The van der Waals surface area contributed by atoms with Crippen molar-refractivity contribution < 1.29 is 17.9 Å². The van der Waals surface area contributed by atoms with Crippen LogP contribution in [0, 0.1) is 6.92 Å². The van der Waals surface area contributed by atoms with Gasteiger partial charge in [-0.25, -0.2) is 0 Å². The number of allylic oxidation sites excluding steroid dienone is 2. The molecule has 0 fully saturated rings. The van der Waals surface area contributed by atoms with Crippen molar-refractivity contribution in [1.29, 1.82) is 0 Å². The fraction of sp³-hybridized carbons (Fsp3) is 0.333. The first kappa shape index (κ1) is 13.1. The lowest BCUT2D eigenvalue weighted by molar-refractivity contribution is -0.274. The summed E-state index contributed by atoms with van der Waals surface area (Å²) in [6.07, 6.45) is -1.92. The maximum atomic E-state index is 12.0. The fourth-order valence-corrected chi connectivity index (χ4v) is 1.82. The summed E-state index contributed by atoms with van der Waals surface area (Å²) in [7, 11) is 0.